The fourth-order valence-corrected chi connectivity index (χ4v) is 0.986. The van der Waals surface area contributed by atoms with Gasteiger partial charge in [-0.05, 0) is 19.9 Å². The van der Waals surface area contributed by atoms with E-state index in [4.69, 9.17) is 12.6 Å². The van der Waals surface area contributed by atoms with Crippen molar-refractivity contribution < 1.29 is 0 Å². The fourth-order valence-electron chi connectivity index (χ4n) is 0.683. The van der Waals surface area contributed by atoms with E-state index in [0.717, 1.165) is 11.5 Å². The zero-order valence-electron chi connectivity index (χ0n) is 5.38. The molecule has 1 aromatic rings. The Morgan fingerprint density at radius 3 is 2.44 bits per heavy atom. The summed E-state index contributed by atoms with van der Waals surface area (Å²) in [6, 6.07) is 1.78. The zero-order valence-corrected chi connectivity index (χ0v) is 6.20. The lowest BCUT2D eigenvalue weighted by Gasteiger charge is -2.04. The number of rotatable bonds is 0. The van der Waals surface area contributed by atoms with E-state index in [-0.39, 0.29) is 0 Å². The molecule has 9 heavy (non-hydrogen) atoms. The van der Waals surface area contributed by atoms with Gasteiger partial charge in [0, 0.05) is 5.69 Å². The number of aryl methyl sites for hydroxylation is 2. The molecule has 0 bridgehead atoms. The van der Waals surface area contributed by atoms with Gasteiger partial charge in [-0.15, -0.1) is 0 Å². The highest BCUT2D eigenvalue weighted by molar-refractivity contribution is 7.58. The third-order valence-corrected chi connectivity index (χ3v) is 1.15. The van der Waals surface area contributed by atoms with Crippen LogP contribution in [0.2, 0.25) is 0 Å². The van der Waals surface area contributed by atoms with Crippen molar-refractivity contribution in [3.8, 4) is 0 Å². The van der Waals surface area contributed by atoms with Crippen LogP contribution in [0.4, 0.5) is 0 Å². The molecule has 0 aliphatic carbocycles. The lowest BCUT2D eigenvalue weighted by Crippen LogP contribution is -1.91. The Labute approximate surface area is 59.8 Å². The van der Waals surface area contributed by atoms with E-state index in [9.17, 15) is 0 Å². The average molecular weight is 139 g/mol. The third kappa shape index (κ3) is 1.61. The Morgan fingerprint density at radius 1 is 1.33 bits per heavy atom. The summed E-state index contributed by atoms with van der Waals surface area (Å²) < 4.78 is 0. The van der Waals surface area contributed by atoms with E-state index in [1.807, 2.05) is 13.8 Å². The molecule has 0 aromatic carbocycles. The van der Waals surface area contributed by atoms with Gasteiger partial charge in [-0.1, -0.05) is 5.03 Å². The highest BCUT2D eigenvalue weighted by atomic mass is 32.1. The maximum Gasteiger partial charge on any atom is 0.123 e. The number of hydrogen-bond acceptors (Lipinski definition) is 3. The number of aromatic nitrogens is 2. The summed E-state index contributed by atoms with van der Waals surface area (Å²) in [7, 11) is 0. The molecule has 3 heteroatoms. The molecular formula is C6H7N2S-. The number of hydrogen-bond donors (Lipinski definition) is 0. The fraction of sp³-hybridized carbons (Fsp3) is 0.333. The lowest BCUT2D eigenvalue weighted by molar-refractivity contribution is 0.939. The van der Waals surface area contributed by atoms with Crippen molar-refractivity contribution in [2.45, 2.75) is 18.9 Å². The smallest absolute Gasteiger partial charge is 0.123 e. The van der Waals surface area contributed by atoms with Crippen molar-refractivity contribution in [1.82, 2.24) is 9.97 Å². The first-order chi connectivity index (χ1) is 4.18. The van der Waals surface area contributed by atoms with Crippen LogP contribution in [0.15, 0.2) is 11.1 Å². The molecule has 0 amide bonds. The minimum absolute atomic E-state index is 0.625. The van der Waals surface area contributed by atoms with Gasteiger partial charge in [-0.25, -0.2) is 4.98 Å². The van der Waals surface area contributed by atoms with Crippen molar-refractivity contribution in [1.29, 1.82) is 0 Å². The lowest BCUT2D eigenvalue weighted by atomic mass is 10.4. The van der Waals surface area contributed by atoms with Gasteiger partial charge in [0.05, 0.1) is 0 Å². The molecule has 1 aromatic heterocycles. The molecule has 0 aliphatic rings. The Bertz CT molecular complexity index is 172. The molecule has 0 fully saturated rings. The monoisotopic (exact) mass is 139 g/mol. The summed E-state index contributed by atoms with van der Waals surface area (Å²) in [5.41, 5.74) is 0.938. The summed E-state index contributed by atoms with van der Waals surface area (Å²) in [5.74, 6) is 0.750. The molecule has 1 heterocycles. The van der Waals surface area contributed by atoms with Crippen molar-refractivity contribution in [2.24, 2.45) is 0 Å². The molecule has 0 aliphatic heterocycles. The van der Waals surface area contributed by atoms with Gasteiger partial charge in [0.15, 0.2) is 0 Å². The Kier molecular flexibility index (Phi) is 1.62. The van der Waals surface area contributed by atoms with Gasteiger partial charge < -0.3 is 12.6 Å². The second kappa shape index (κ2) is 2.27. The summed E-state index contributed by atoms with van der Waals surface area (Å²) in [6.45, 7) is 3.74. The normalized spacial score (nSPS) is 9.56. The molecule has 0 N–H and O–H groups in total. The second-order valence-electron chi connectivity index (χ2n) is 1.89. The topological polar surface area (TPSA) is 25.8 Å². The summed E-state index contributed by atoms with van der Waals surface area (Å²) in [5, 5.41) is 0.625. The summed E-state index contributed by atoms with van der Waals surface area (Å²) in [6.07, 6.45) is 0. The van der Waals surface area contributed by atoms with Gasteiger partial charge in [0.25, 0.3) is 0 Å². The van der Waals surface area contributed by atoms with E-state index in [0.29, 0.717) is 5.03 Å². The van der Waals surface area contributed by atoms with E-state index in [1.54, 1.807) is 6.07 Å². The average Bonchev–Trinajstić information content (AvgIpc) is 1.59. The van der Waals surface area contributed by atoms with Crippen molar-refractivity contribution >= 4 is 12.6 Å². The zero-order chi connectivity index (χ0) is 6.85. The minimum atomic E-state index is 0.625. The first kappa shape index (κ1) is 6.42. The van der Waals surface area contributed by atoms with Crippen molar-refractivity contribution in [3.05, 3.63) is 17.6 Å². The van der Waals surface area contributed by atoms with Gasteiger partial charge in [-0.3, -0.25) is 4.98 Å². The minimum Gasteiger partial charge on any atom is -0.760 e. The Morgan fingerprint density at radius 2 is 2.00 bits per heavy atom. The van der Waals surface area contributed by atoms with Gasteiger partial charge in [0.2, 0.25) is 0 Å². The number of nitrogens with zero attached hydrogens (tertiary/aromatic N) is 2. The van der Waals surface area contributed by atoms with E-state index >= 15 is 0 Å². The molecule has 0 saturated carbocycles. The van der Waals surface area contributed by atoms with Crippen molar-refractivity contribution in [3.63, 3.8) is 0 Å². The Balaban J connectivity index is 3.17. The molecule has 0 unspecified atom stereocenters. The van der Waals surface area contributed by atoms with Crippen LogP contribution in [0.3, 0.4) is 0 Å². The predicted octanol–water partition coefficient (Wildman–Crippen LogP) is 0.999. The van der Waals surface area contributed by atoms with Crippen molar-refractivity contribution in [2.75, 3.05) is 0 Å². The molecule has 48 valence electrons. The molecule has 0 saturated heterocycles. The van der Waals surface area contributed by atoms with Crippen LogP contribution in [0.1, 0.15) is 11.5 Å². The van der Waals surface area contributed by atoms with Crippen LogP contribution in [0, 0.1) is 13.8 Å². The van der Waals surface area contributed by atoms with E-state index in [2.05, 4.69) is 9.97 Å². The predicted molar refractivity (Wildman–Crippen MR) is 37.1 cm³/mol. The maximum atomic E-state index is 4.84. The summed E-state index contributed by atoms with van der Waals surface area (Å²) >= 11 is 4.84. The largest absolute Gasteiger partial charge is 0.760 e. The highest BCUT2D eigenvalue weighted by Gasteiger charge is 1.85. The molecule has 2 nitrogen and oxygen atoms in total. The molecule has 0 atom stereocenters. The standard InChI is InChI=1S/C6H8N2S/c1-4-3-6(9)8-5(2)7-4/h3H,1-2H3,(H,7,8,9)/p-1. The maximum absolute atomic E-state index is 4.84. The molecule has 0 radical (unpaired) electrons. The first-order valence-electron chi connectivity index (χ1n) is 2.68. The summed E-state index contributed by atoms with van der Waals surface area (Å²) in [4.78, 5) is 7.99. The van der Waals surface area contributed by atoms with Gasteiger partial charge in [-0.2, -0.15) is 0 Å². The van der Waals surface area contributed by atoms with Crippen LogP contribution >= 0.6 is 0 Å². The van der Waals surface area contributed by atoms with Gasteiger partial charge >= 0.3 is 0 Å². The third-order valence-electron chi connectivity index (χ3n) is 0.943. The SMILES string of the molecule is Cc1cc([S-])nc(C)n1. The Hall–Kier alpha value is -0.700. The van der Waals surface area contributed by atoms with Crippen LogP contribution in [-0.2, 0) is 12.6 Å². The van der Waals surface area contributed by atoms with Crippen LogP contribution < -0.4 is 0 Å². The molecular weight excluding hydrogens is 132 g/mol. The second-order valence-corrected chi connectivity index (χ2v) is 2.31. The quantitative estimate of drug-likeness (QED) is 0.396. The van der Waals surface area contributed by atoms with E-state index in [1.165, 1.54) is 0 Å². The molecule has 0 spiro atoms. The van der Waals surface area contributed by atoms with Crippen LogP contribution in [0.25, 0.3) is 0 Å². The van der Waals surface area contributed by atoms with E-state index < -0.39 is 0 Å². The van der Waals surface area contributed by atoms with Crippen LogP contribution in [-0.4, -0.2) is 9.97 Å². The molecule has 1 rings (SSSR count). The first-order valence-corrected chi connectivity index (χ1v) is 3.08. The highest BCUT2D eigenvalue weighted by Crippen LogP contribution is 1.96. The van der Waals surface area contributed by atoms with Crippen LogP contribution in [0.5, 0.6) is 0 Å². The van der Waals surface area contributed by atoms with Gasteiger partial charge in [0.1, 0.15) is 5.82 Å².